The van der Waals surface area contributed by atoms with Gasteiger partial charge in [-0.15, -0.1) is 0 Å². The molecule has 0 aliphatic carbocycles. The third kappa shape index (κ3) is 5.66. The first-order chi connectivity index (χ1) is 18.6. The third-order valence-corrected chi connectivity index (χ3v) is 5.96. The molecule has 1 saturated heterocycles. The zero-order chi connectivity index (χ0) is 27.7. The van der Waals surface area contributed by atoms with E-state index in [-0.39, 0.29) is 11.4 Å². The summed E-state index contributed by atoms with van der Waals surface area (Å²) in [4.78, 5) is 23.1. The third-order valence-electron chi connectivity index (χ3n) is 5.96. The van der Waals surface area contributed by atoms with Crippen LogP contribution in [0.15, 0.2) is 54.7 Å². The molecule has 5 rings (SSSR count). The van der Waals surface area contributed by atoms with Gasteiger partial charge in [-0.1, -0.05) is 6.07 Å². The van der Waals surface area contributed by atoms with Gasteiger partial charge in [0.25, 0.3) is 0 Å². The minimum Gasteiger partial charge on any atom is -0.451 e. The number of amides is 2. The maximum atomic E-state index is 14.8. The van der Waals surface area contributed by atoms with Crippen molar-refractivity contribution >= 4 is 34.3 Å². The summed E-state index contributed by atoms with van der Waals surface area (Å²) in [5.41, 5.74) is -1.26. The Balaban J connectivity index is 1.34. The van der Waals surface area contributed by atoms with Gasteiger partial charge in [-0.05, 0) is 43.2 Å². The van der Waals surface area contributed by atoms with E-state index in [0.29, 0.717) is 29.0 Å². The van der Waals surface area contributed by atoms with E-state index in [1.54, 1.807) is 6.20 Å². The van der Waals surface area contributed by atoms with Crippen molar-refractivity contribution in [2.24, 2.45) is 0 Å². The number of urea groups is 1. The molecule has 13 heteroatoms. The van der Waals surface area contributed by atoms with E-state index in [1.807, 2.05) is 5.32 Å². The van der Waals surface area contributed by atoms with Crippen molar-refractivity contribution in [2.75, 3.05) is 28.6 Å². The quantitative estimate of drug-likeness (QED) is 0.206. The van der Waals surface area contributed by atoms with Crippen molar-refractivity contribution in [3.63, 3.8) is 0 Å². The summed E-state index contributed by atoms with van der Waals surface area (Å²) in [7, 11) is 0. The molecule has 2 amide bonds. The molecule has 1 aliphatic heterocycles. The highest BCUT2D eigenvalue weighted by atomic mass is 19.4. The van der Waals surface area contributed by atoms with E-state index >= 15 is 0 Å². The molecule has 0 bridgehead atoms. The number of hydrogen-bond acceptors (Lipinski definition) is 5. The largest absolute Gasteiger partial charge is 0.451 e. The number of ether oxygens (including phenoxy) is 1. The van der Waals surface area contributed by atoms with Gasteiger partial charge in [0.05, 0.1) is 28.5 Å². The fourth-order valence-corrected chi connectivity index (χ4v) is 4.08. The van der Waals surface area contributed by atoms with Crippen molar-refractivity contribution in [3.8, 4) is 11.5 Å². The average molecular weight is 547 g/mol. The molecule has 0 saturated carbocycles. The number of nitrogens with one attached hydrogen (secondary N) is 2. The molecular weight excluding hydrogens is 528 g/mol. The lowest BCUT2D eigenvalue weighted by Crippen LogP contribution is -2.21. The molecule has 1 aliphatic rings. The Kier molecular flexibility index (Phi) is 6.89. The van der Waals surface area contributed by atoms with E-state index in [1.165, 1.54) is 18.2 Å². The van der Waals surface area contributed by atoms with E-state index in [2.05, 4.69) is 20.2 Å². The molecule has 202 valence electrons. The molecule has 1 aromatic heterocycles. The van der Waals surface area contributed by atoms with Gasteiger partial charge in [-0.2, -0.15) is 17.6 Å². The molecular formula is C26H19F6N5O2. The van der Waals surface area contributed by atoms with Crippen LogP contribution in [0, 0.1) is 17.5 Å². The SMILES string of the molecule is O=C(Nc1cccc(C(F)(F)F)c1)Nc1cc(F)c(Oc2ccc3ncc(N4CCCC4)nc3c2)c(F)c1F. The maximum Gasteiger partial charge on any atom is 0.416 e. The van der Waals surface area contributed by atoms with Gasteiger partial charge >= 0.3 is 12.2 Å². The van der Waals surface area contributed by atoms with Gasteiger partial charge in [0.1, 0.15) is 11.6 Å². The molecule has 3 aromatic carbocycles. The van der Waals surface area contributed by atoms with Crippen LogP contribution in [0.1, 0.15) is 18.4 Å². The molecule has 0 radical (unpaired) electrons. The highest BCUT2D eigenvalue weighted by Crippen LogP contribution is 2.34. The van der Waals surface area contributed by atoms with Crippen LogP contribution in [0.5, 0.6) is 11.5 Å². The summed E-state index contributed by atoms with van der Waals surface area (Å²) in [6, 6.07) is 7.25. The minimum atomic E-state index is -4.66. The highest BCUT2D eigenvalue weighted by Gasteiger charge is 2.30. The molecule has 0 unspecified atom stereocenters. The fourth-order valence-electron chi connectivity index (χ4n) is 4.08. The number of alkyl halides is 3. The zero-order valence-electron chi connectivity index (χ0n) is 20.0. The zero-order valence-corrected chi connectivity index (χ0v) is 20.0. The predicted molar refractivity (Wildman–Crippen MR) is 131 cm³/mol. The monoisotopic (exact) mass is 547 g/mol. The minimum absolute atomic E-state index is 0.0319. The normalized spacial score (nSPS) is 13.5. The standard InChI is InChI=1S/C26H19F6N5O2/c27-17-12-20(36-25(38)34-15-5-3-4-14(10-15)26(30,31)32)22(28)23(29)24(17)39-16-6-7-18-19(11-16)35-21(13-33-18)37-8-1-2-9-37/h3-7,10-13H,1-2,8-9H2,(H2,34,36,38). The molecule has 4 aromatic rings. The Morgan fingerprint density at radius 2 is 1.69 bits per heavy atom. The Morgan fingerprint density at radius 1 is 0.923 bits per heavy atom. The van der Waals surface area contributed by atoms with Crippen LogP contribution in [0.2, 0.25) is 0 Å². The molecule has 0 atom stereocenters. The summed E-state index contributed by atoms with van der Waals surface area (Å²) in [6.45, 7) is 1.68. The number of hydrogen-bond donors (Lipinski definition) is 2. The summed E-state index contributed by atoms with van der Waals surface area (Å²) < 4.78 is 88.1. The predicted octanol–water partition coefficient (Wildman–Crippen LogP) is 7.10. The second-order valence-corrected chi connectivity index (χ2v) is 8.70. The number of carbonyl (C=O) groups is 1. The molecule has 39 heavy (non-hydrogen) atoms. The first-order valence-electron chi connectivity index (χ1n) is 11.7. The van der Waals surface area contributed by atoms with Crippen LogP contribution in [0.3, 0.4) is 0 Å². The second-order valence-electron chi connectivity index (χ2n) is 8.70. The number of carbonyl (C=O) groups excluding carboxylic acids is 1. The first kappa shape index (κ1) is 26.1. The van der Waals surface area contributed by atoms with Crippen molar-refractivity contribution in [2.45, 2.75) is 19.0 Å². The molecule has 7 nitrogen and oxygen atoms in total. The van der Waals surface area contributed by atoms with E-state index in [0.717, 1.165) is 44.1 Å². The van der Waals surface area contributed by atoms with E-state index in [4.69, 9.17) is 4.74 Å². The van der Waals surface area contributed by atoms with E-state index < -0.39 is 46.7 Å². The number of rotatable bonds is 5. The number of benzene rings is 3. The van der Waals surface area contributed by atoms with E-state index in [9.17, 15) is 31.1 Å². The van der Waals surface area contributed by atoms with Crippen LogP contribution >= 0.6 is 0 Å². The maximum absolute atomic E-state index is 14.8. The summed E-state index contributed by atoms with van der Waals surface area (Å²) in [5.74, 6) is -5.13. The first-order valence-corrected chi connectivity index (χ1v) is 11.7. The number of halogens is 6. The van der Waals surface area contributed by atoms with Gasteiger partial charge < -0.3 is 20.3 Å². The van der Waals surface area contributed by atoms with Crippen LogP contribution < -0.4 is 20.3 Å². The van der Waals surface area contributed by atoms with Crippen LogP contribution in [0.25, 0.3) is 11.0 Å². The number of anilines is 3. The van der Waals surface area contributed by atoms with Gasteiger partial charge in [-0.3, -0.25) is 4.98 Å². The smallest absolute Gasteiger partial charge is 0.416 e. The van der Waals surface area contributed by atoms with Crippen molar-refractivity contribution in [1.29, 1.82) is 0 Å². The average Bonchev–Trinajstić information content (AvgIpc) is 3.44. The number of fused-ring (bicyclic) bond motifs is 1. The Hall–Kier alpha value is -4.55. The van der Waals surface area contributed by atoms with Gasteiger partial charge in [0.2, 0.25) is 11.6 Å². The van der Waals surface area contributed by atoms with Gasteiger partial charge in [-0.25, -0.2) is 18.6 Å². The number of nitrogens with zero attached hydrogens (tertiary/aromatic N) is 3. The topological polar surface area (TPSA) is 79.4 Å². The Morgan fingerprint density at radius 3 is 2.44 bits per heavy atom. The van der Waals surface area contributed by atoms with Crippen LogP contribution in [-0.2, 0) is 6.18 Å². The lowest BCUT2D eigenvalue weighted by molar-refractivity contribution is -0.137. The van der Waals surface area contributed by atoms with Crippen molar-refractivity contribution in [1.82, 2.24) is 9.97 Å². The second kappa shape index (κ2) is 10.3. The van der Waals surface area contributed by atoms with Crippen molar-refractivity contribution in [3.05, 3.63) is 77.7 Å². The molecule has 0 spiro atoms. The molecule has 2 heterocycles. The highest BCUT2D eigenvalue weighted by molar-refractivity contribution is 6.00. The van der Waals surface area contributed by atoms with Crippen molar-refractivity contribution < 1.29 is 35.9 Å². The summed E-state index contributed by atoms with van der Waals surface area (Å²) >= 11 is 0. The number of aromatic nitrogens is 2. The lowest BCUT2D eigenvalue weighted by Gasteiger charge is -2.16. The molecule has 1 fully saturated rings. The van der Waals surface area contributed by atoms with Gasteiger partial charge in [0.15, 0.2) is 11.6 Å². The fraction of sp³-hybridized carbons (Fsp3) is 0.192. The lowest BCUT2D eigenvalue weighted by atomic mass is 10.2. The summed E-state index contributed by atoms with van der Waals surface area (Å²) in [5, 5.41) is 3.94. The van der Waals surface area contributed by atoms with Gasteiger partial charge in [0, 0.05) is 30.9 Å². The van der Waals surface area contributed by atoms with Crippen LogP contribution in [0.4, 0.5) is 48.3 Å². The van der Waals surface area contributed by atoms with Crippen LogP contribution in [-0.4, -0.2) is 29.1 Å². The summed E-state index contributed by atoms with van der Waals surface area (Å²) in [6.07, 6.45) is -0.955. The molecule has 2 N–H and O–H groups in total. The Bertz CT molecular complexity index is 1560. The Labute approximate surface area is 217 Å².